The molecule has 2 rings (SSSR count). The Morgan fingerprint density at radius 3 is 2.43 bits per heavy atom. The van der Waals surface area contributed by atoms with Crippen LogP contribution in [0.1, 0.15) is 24.9 Å². The molecule has 0 spiro atoms. The van der Waals surface area contributed by atoms with Gasteiger partial charge in [-0.3, -0.25) is 10.1 Å². The number of nitrogens with one attached hydrogen (secondary N) is 1. The highest BCUT2D eigenvalue weighted by Gasteiger charge is 2.24. The first-order valence-electron chi connectivity index (χ1n) is 6.48. The number of nitrogens with zero attached hydrogens (tertiary/aromatic N) is 1. The van der Waals surface area contributed by atoms with Crippen molar-refractivity contribution in [2.75, 3.05) is 5.32 Å². The largest absolute Gasteiger partial charge is 0.370 e. The molecule has 0 amide bonds. The van der Waals surface area contributed by atoms with Gasteiger partial charge in [-0.25, -0.2) is 8.78 Å². The second-order valence-electron chi connectivity index (χ2n) is 4.53. The van der Waals surface area contributed by atoms with Crippen LogP contribution in [0.5, 0.6) is 0 Å². The summed E-state index contributed by atoms with van der Waals surface area (Å²) in [5.74, 6) is -2.36. The van der Waals surface area contributed by atoms with Gasteiger partial charge in [0.1, 0.15) is 0 Å². The van der Waals surface area contributed by atoms with Crippen LogP contribution in [0, 0.1) is 21.7 Å². The normalized spacial score (nSPS) is 12.0. The summed E-state index contributed by atoms with van der Waals surface area (Å²) in [5.41, 5.74) is -0.0584. The van der Waals surface area contributed by atoms with E-state index in [1.54, 1.807) is 0 Å². The highest BCUT2D eigenvalue weighted by atomic mass is 19.2. The number of rotatable bonds is 5. The Morgan fingerprint density at radius 1 is 1.19 bits per heavy atom. The molecule has 21 heavy (non-hydrogen) atoms. The van der Waals surface area contributed by atoms with E-state index in [1.807, 2.05) is 37.3 Å². The van der Waals surface area contributed by atoms with Gasteiger partial charge in [0.15, 0.2) is 17.3 Å². The van der Waals surface area contributed by atoms with Crippen LogP contribution in [0.2, 0.25) is 0 Å². The van der Waals surface area contributed by atoms with E-state index in [0.29, 0.717) is 6.42 Å². The fraction of sp³-hybridized carbons (Fsp3) is 0.200. The zero-order valence-corrected chi connectivity index (χ0v) is 11.3. The molecule has 6 heteroatoms. The van der Waals surface area contributed by atoms with Crippen molar-refractivity contribution in [1.29, 1.82) is 0 Å². The van der Waals surface area contributed by atoms with Crippen LogP contribution in [0.15, 0.2) is 42.5 Å². The van der Waals surface area contributed by atoms with E-state index in [1.165, 1.54) is 0 Å². The maximum Gasteiger partial charge on any atom is 0.295 e. The Morgan fingerprint density at radius 2 is 1.86 bits per heavy atom. The lowest BCUT2D eigenvalue weighted by molar-refractivity contribution is -0.384. The average Bonchev–Trinajstić information content (AvgIpc) is 2.49. The lowest BCUT2D eigenvalue weighted by Gasteiger charge is -2.19. The van der Waals surface area contributed by atoms with Crippen LogP contribution >= 0.6 is 0 Å². The summed E-state index contributed by atoms with van der Waals surface area (Å²) in [6, 6.07) is 10.5. The number of nitro benzene ring substituents is 1. The van der Waals surface area contributed by atoms with Gasteiger partial charge in [-0.15, -0.1) is 0 Å². The zero-order chi connectivity index (χ0) is 15.4. The molecule has 1 atom stereocenters. The van der Waals surface area contributed by atoms with E-state index in [4.69, 9.17) is 0 Å². The Bertz CT molecular complexity index is 648. The molecule has 2 aromatic carbocycles. The van der Waals surface area contributed by atoms with Crippen molar-refractivity contribution in [2.24, 2.45) is 0 Å². The predicted molar refractivity (Wildman–Crippen MR) is 76.1 cm³/mol. The summed E-state index contributed by atoms with van der Waals surface area (Å²) in [6.45, 7) is 1.85. The highest BCUT2D eigenvalue weighted by molar-refractivity contribution is 5.63. The lowest BCUT2D eigenvalue weighted by atomic mass is 10.0. The highest BCUT2D eigenvalue weighted by Crippen LogP contribution is 2.33. The molecule has 0 aliphatic carbocycles. The van der Waals surface area contributed by atoms with Crippen LogP contribution in [0.4, 0.5) is 20.2 Å². The van der Waals surface area contributed by atoms with Gasteiger partial charge in [-0.1, -0.05) is 37.3 Å². The smallest absolute Gasteiger partial charge is 0.295 e. The molecule has 110 valence electrons. The summed E-state index contributed by atoms with van der Waals surface area (Å²) >= 11 is 0. The molecule has 0 radical (unpaired) electrons. The number of anilines is 1. The van der Waals surface area contributed by atoms with Crippen LogP contribution in [-0.2, 0) is 0 Å². The van der Waals surface area contributed by atoms with Crippen molar-refractivity contribution in [1.82, 2.24) is 0 Å². The van der Waals surface area contributed by atoms with E-state index >= 15 is 0 Å². The SMILES string of the molecule is CCC(Nc1c([N+](=O)[O-])ccc(F)c1F)c1ccccc1. The first-order chi connectivity index (χ1) is 10.0. The monoisotopic (exact) mass is 292 g/mol. The molecule has 0 saturated carbocycles. The Hall–Kier alpha value is -2.50. The number of hydrogen-bond acceptors (Lipinski definition) is 3. The maximum absolute atomic E-state index is 13.9. The minimum Gasteiger partial charge on any atom is -0.370 e. The fourth-order valence-corrected chi connectivity index (χ4v) is 2.11. The third-order valence-corrected chi connectivity index (χ3v) is 3.20. The third-order valence-electron chi connectivity index (χ3n) is 3.20. The molecule has 2 aromatic rings. The van der Waals surface area contributed by atoms with Crippen molar-refractivity contribution in [3.8, 4) is 0 Å². The van der Waals surface area contributed by atoms with E-state index in [-0.39, 0.29) is 6.04 Å². The van der Waals surface area contributed by atoms with Crippen molar-refractivity contribution >= 4 is 11.4 Å². The van der Waals surface area contributed by atoms with Gasteiger partial charge in [-0.2, -0.15) is 0 Å². The lowest BCUT2D eigenvalue weighted by Crippen LogP contribution is -2.13. The summed E-state index contributed by atoms with van der Waals surface area (Å²) in [4.78, 5) is 10.2. The van der Waals surface area contributed by atoms with Gasteiger partial charge >= 0.3 is 0 Å². The molecule has 1 unspecified atom stereocenters. The standard InChI is InChI=1S/C15H14F2N2O2/c1-2-12(10-6-4-3-5-7-10)18-15-13(19(20)21)9-8-11(16)14(15)17/h3-9,12,18H,2H2,1H3. The minimum absolute atomic E-state index is 0.346. The molecule has 0 heterocycles. The molecule has 0 fully saturated rings. The number of halogens is 2. The quantitative estimate of drug-likeness (QED) is 0.655. The Labute approximate surface area is 120 Å². The van der Waals surface area contributed by atoms with Gasteiger partial charge in [0.2, 0.25) is 0 Å². The molecule has 0 aliphatic heterocycles. The van der Waals surface area contributed by atoms with Crippen molar-refractivity contribution in [2.45, 2.75) is 19.4 Å². The summed E-state index contributed by atoms with van der Waals surface area (Å²) in [7, 11) is 0. The number of nitro groups is 1. The number of hydrogen-bond donors (Lipinski definition) is 1. The first-order valence-corrected chi connectivity index (χ1v) is 6.48. The van der Waals surface area contributed by atoms with Gasteiger partial charge in [0.05, 0.1) is 11.0 Å². The third kappa shape index (κ3) is 3.16. The van der Waals surface area contributed by atoms with Gasteiger partial charge < -0.3 is 5.32 Å². The minimum atomic E-state index is -1.24. The first kappa shape index (κ1) is 14.9. The summed E-state index contributed by atoms with van der Waals surface area (Å²) in [6.07, 6.45) is 0.567. The van der Waals surface area contributed by atoms with E-state index in [2.05, 4.69) is 5.32 Å². The van der Waals surface area contributed by atoms with Crippen molar-refractivity contribution in [3.05, 3.63) is 69.8 Å². The van der Waals surface area contributed by atoms with Gasteiger partial charge in [-0.05, 0) is 18.1 Å². The van der Waals surface area contributed by atoms with Crippen molar-refractivity contribution in [3.63, 3.8) is 0 Å². The van der Waals surface area contributed by atoms with E-state index in [0.717, 1.165) is 17.7 Å². The Balaban J connectivity index is 2.42. The van der Waals surface area contributed by atoms with Crippen LogP contribution in [0.3, 0.4) is 0 Å². The van der Waals surface area contributed by atoms with Crippen LogP contribution in [-0.4, -0.2) is 4.92 Å². The predicted octanol–water partition coefficient (Wildman–Crippen LogP) is 4.44. The fourth-order valence-electron chi connectivity index (χ4n) is 2.11. The molecule has 0 aromatic heterocycles. The molecule has 0 saturated heterocycles. The molecule has 0 aliphatic rings. The molecule has 1 N–H and O–H groups in total. The topological polar surface area (TPSA) is 55.2 Å². The molecular weight excluding hydrogens is 278 g/mol. The maximum atomic E-state index is 13.9. The molecular formula is C15H14F2N2O2. The van der Waals surface area contributed by atoms with Crippen LogP contribution < -0.4 is 5.32 Å². The van der Waals surface area contributed by atoms with Crippen LogP contribution in [0.25, 0.3) is 0 Å². The molecule has 0 bridgehead atoms. The molecule has 4 nitrogen and oxygen atoms in total. The van der Waals surface area contributed by atoms with E-state index in [9.17, 15) is 18.9 Å². The summed E-state index contributed by atoms with van der Waals surface area (Å²) in [5, 5.41) is 13.7. The Kier molecular flexibility index (Phi) is 4.47. The van der Waals surface area contributed by atoms with Gasteiger partial charge in [0, 0.05) is 6.07 Å². The number of benzene rings is 2. The summed E-state index contributed by atoms with van der Waals surface area (Å²) < 4.78 is 27.2. The second-order valence-corrected chi connectivity index (χ2v) is 4.53. The zero-order valence-electron chi connectivity index (χ0n) is 11.3. The van der Waals surface area contributed by atoms with Crippen molar-refractivity contribution < 1.29 is 13.7 Å². The van der Waals surface area contributed by atoms with E-state index < -0.39 is 27.9 Å². The average molecular weight is 292 g/mol. The van der Waals surface area contributed by atoms with Gasteiger partial charge in [0.25, 0.3) is 5.69 Å². The second kappa shape index (κ2) is 6.30.